The molecule has 1 N–H and O–H groups in total. The SMILES string of the molecule is CC[C@H](C)c1ccccc1N1C[C@@H](C(=O)Nc2ccc(S(=O)(=O)N3CCOCC3)cc2)CC1=O. The molecule has 0 bridgehead atoms. The summed E-state index contributed by atoms with van der Waals surface area (Å²) in [7, 11) is -3.59. The molecule has 9 heteroatoms. The van der Waals surface area contributed by atoms with Crippen LogP contribution in [0.15, 0.2) is 53.4 Å². The molecule has 8 nitrogen and oxygen atoms in total. The molecule has 2 fully saturated rings. The maximum Gasteiger partial charge on any atom is 0.243 e. The van der Waals surface area contributed by atoms with Gasteiger partial charge in [-0.3, -0.25) is 9.59 Å². The number of morpholine rings is 1. The van der Waals surface area contributed by atoms with Gasteiger partial charge in [-0.15, -0.1) is 0 Å². The van der Waals surface area contributed by atoms with Crippen LogP contribution >= 0.6 is 0 Å². The first-order chi connectivity index (χ1) is 16.3. The molecular formula is C25H31N3O5S. The van der Waals surface area contributed by atoms with Crippen LogP contribution in [-0.4, -0.2) is 57.4 Å². The van der Waals surface area contributed by atoms with E-state index in [4.69, 9.17) is 4.74 Å². The second-order valence-corrected chi connectivity index (χ2v) is 10.7. The van der Waals surface area contributed by atoms with E-state index in [0.717, 1.165) is 17.7 Å². The van der Waals surface area contributed by atoms with E-state index in [0.29, 0.717) is 44.5 Å². The van der Waals surface area contributed by atoms with Crippen LogP contribution in [0.1, 0.15) is 38.2 Å². The Morgan fingerprint density at radius 3 is 2.47 bits per heavy atom. The Morgan fingerprint density at radius 1 is 1.12 bits per heavy atom. The number of nitrogens with one attached hydrogen (secondary N) is 1. The van der Waals surface area contributed by atoms with Crippen LogP contribution in [-0.2, 0) is 24.3 Å². The second kappa shape index (κ2) is 10.2. The topological polar surface area (TPSA) is 96.0 Å². The van der Waals surface area contributed by atoms with Crippen molar-refractivity contribution in [1.82, 2.24) is 4.31 Å². The monoisotopic (exact) mass is 485 g/mol. The van der Waals surface area contributed by atoms with Gasteiger partial charge in [-0.05, 0) is 48.2 Å². The normalized spacial score (nSPS) is 20.4. The minimum Gasteiger partial charge on any atom is -0.379 e. The van der Waals surface area contributed by atoms with Gasteiger partial charge in [0.2, 0.25) is 21.8 Å². The highest BCUT2D eigenvalue weighted by atomic mass is 32.2. The van der Waals surface area contributed by atoms with Gasteiger partial charge in [0.1, 0.15) is 0 Å². The zero-order chi connectivity index (χ0) is 24.3. The molecule has 2 amide bonds. The summed E-state index contributed by atoms with van der Waals surface area (Å²) in [6.07, 6.45) is 1.10. The molecule has 2 aliphatic heterocycles. The minimum atomic E-state index is -3.59. The summed E-state index contributed by atoms with van der Waals surface area (Å²) in [5, 5.41) is 2.84. The Balaban J connectivity index is 1.42. The number of amides is 2. The van der Waals surface area contributed by atoms with Crippen molar-refractivity contribution < 1.29 is 22.7 Å². The Hall–Kier alpha value is -2.75. The summed E-state index contributed by atoms with van der Waals surface area (Å²) < 4.78 is 32.2. The summed E-state index contributed by atoms with van der Waals surface area (Å²) in [5.41, 5.74) is 2.48. The number of rotatable bonds is 7. The molecule has 0 aliphatic carbocycles. The van der Waals surface area contributed by atoms with Crippen molar-refractivity contribution >= 4 is 33.2 Å². The Bertz CT molecular complexity index is 1140. The second-order valence-electron chi connectivity index (χ2n) is 8.80. The van der Waals surface area contributed by atoms with Crippen molar-refractivity contribution in [2.45, 2.75) is 37.5 Å². The molecule has 2 atom stereocenters. The number of anilines is 2. The summed E-state index contributed by atoms with van der Waals surface area (Å²) in [4.78, 5) is 27.6. The molecule has 2 aromatic carbocycles. The van der Waals surface area contributed by atoms with Gasteiger partial charge in [0.15, 0.2) is 0 Å². The van der Waals surface area contributed by atoms with Gasteiger partial charge in [0, 0.05) is 37.4 Å². The standard InChI is InChI=1S/C25H31N3O5S/c1-3-18(2)22-6-4-5-7-23(22)28-17-19(16-24(28)29)25(30)26-20-8-10-21(11-9-20)34(31,32)27-12-14-33-15-13-27/h4-11,18-19H,3,12-17H2,1-2H3,(H,26,30)/t18-,19-/m0/s1. The molecule has 0 radical (unpaired) electrons. The van der Waals surface area contributed by atoms with E-state index < -0.39 is 15.9 Å². The van der Waals surface area contributed by atoms with Crippen molar-refractivity contribution in [3.63, 3.8) is 0 Å². The van der Waals surface area contributed by atoms with E-state index in [1.807, 2.05) is 24.3 Å². The lowest BCUT2D eigenvalue weighted by molar-refractivity contribution is -0.122. The van der Waals surface area contributed by atoms with E-state index >= 15 is 0 Å². The number of benzene rings is 2. The molecule has 4 rings (SSSR count). The number of carbonyl (C=O) groups is 2. The highest BCUT2D eigenvalue weighted by Gasteiger charge is 2.36. The van der Waals surface area contributed by atoms with E-state index in [2.05, 4.69) is 19.2 Å². The van der Waals surface area contributed by atoms with Crippen molar-refractivity contribution in [2.24, 2.45) is 5.92 Å². The number of hydrogen-bond acceptors (Lipinski definition) is 5. The first kappa shape index (κ1) is 24.4. The fourth-order valence-corrected chi connectivity index (χ4v) is 5.78. The molecular weight excluding hydrogens is 454 g/mol. The number of carbonyl (C=O) groups excluding carboxylic acids is 2. The highest BCUT2D eigenvalue weighted by Crippen LogP contribution is 2.33. The van der Waals surface area contributed by atoms with E-state index in [9.17, 15) is 18.0 Å². The van der Waals surface area contributed by atoms with Crippen LogP contribution in [0.5, 0.6) is 0 Å². The van der Waals surface area contributed by atoms with Gasteiger partial charge in [-0.25, -0.2) is 8.42 Å². The van der Waals surface area contributed by atoms with E-state index in [1.54, 1.807) is 17.0 Å². The molecule has 0 aromatic heterocycles. The summed E-state index contributed by atoms with van der Waals surface area (Å²) >= 11 is 0. The molecule has 0 unspecified atom stereocenters. The molecule has 34 heavy (non-hydrogen) atoms. The lowest BCUT2D eigenvalue weighted by Crippen LogP contribution is -2.40. The average molecular weight is 486 g/mol. The number of para-hydroxylation sites is 1. The largest absolute Gasteiger partial charge is 0.379 e. The van der Waals surface area contributed by atoms with Crippen LogP contribution in [0.2, 0.25) is 0 Å². The summed E-state index contributed by atoms with van der Waals surface area (Å²) in [6.45, 7) is 5.98. The maximum absolute atomic E-state index is 12.9. The van der Waals surface area contributed by atoms with E-state index in [-0.39, 0.29) is 23.1 Å². The molecule has 2 aromatic rings. The molecule has 0 spiro atoms. The van der Waals surface area contributed by atoms with Gasteiger partial charge in [0.05, 0.1) is 24.0 Å². The third-order valence-corrected chi connectivity index (χ3v) is 8.51. The van der Waals surface area contributed by atoms with Crippen molar-refractivity contribution in [1.29, 1.82) is 0 Å². The van der Waals surface area contributed by atoms with Gasteiger partial charge in [-0.2, -0.15) is 4.31 Å². The van der Waals surface area contributed by atoms with Crippen LogP contribution in [0.3, 0.4) is 0 Å². The number of sulfonamides is 1. The van der Waals surface area contributed by atoms with Gasteiger partial charge >= 0.3 is 0 Å². The van der Waals surface area contributed by atoms with Crippen molar-refractivity contribution in [3.05, 3.63) is 54.1 Å². The van der Waals surface area contributed by atoms with Crippen LogP contribution in [0.4, 0.5) is 11.4 Å². The molecule has 0 saturated carbocycles. The van der Waals surface area contributed by atoms with Gasteiger partial charge < -0.3 is 15.0 Å². The van der Waals surface area contributed by atoms with Crippen LogP contribution < -0.4 is 10.2 Å². The van der Waals surface area contributed by atoms with Gasteiger partial charge in [0.25, 0.3) is 0 Å². The number of ether oxygens (including phenoxy) is 1. The fourth-order valence-electron chi connectivity index (χ4n) is 4.38. The van der Waals surface area contributed by atoms with Crippen LogP contribution in [0, 0.1) is 5.92 Å². The summed E-state index contributed by atoms with van der Waals surface area (Å²) in [6, 6.07) is 14.0. The van der Waals surface area contributed by atoms with Crippen LogP contribution in [0.25, 0.3) is 0 Å². The number of nitrogens with zero attached hydrogens (tertiary/aromatic N) is 2. The lowest BCUT2D eigenvalue weighted by atomic mass is 9.96. The zero-order valence-electron chi connectivity index (χ0n) is 19.6. The lowest BCUT2D eigenvalue weighted by Gasteiger charge is -2.26. The fraction of sp³-hybridized carbons (Fsp3) is 0.440. The first-order valence-electron chi connectivity index (χ1n) is 11.7. The third-order valence-electron chi connectivity index (χ3n) is 6.60. The van der Waals surface area contributed by atoms with Crippen molar-refractivity contribution in [2.75, 3.05) is 43.1 Å². The zero-order valence-corrected chi connectivity index (χ0v) is 20.4. The Morgan fingerprint density at radius 2 is 1.79 bits per heavy atom. The minimum absolute atomic E-state index is 0.0668. The Labute approximate surface area is 200 Å². The Kier molecular flexibility index (Phi) is 7.35. The molecule has 2 heterocycles. The molecule has 2 aliphatic rings. The number of hydrogen-bond donors (Lipinski definition) is 1. The quantitative estimate of drug-likeness (QED) is 0.650. The maximum atomic E-state index is 12.9. The predicted octanol–water partition coefficient (Wildman–Crippen LogP) is 3.21. The molecule has 2 saturated heterocycles. The first-order valence-corrected chi connectivity index (χ1v) is 13.1. The average Bonchev–Trinajstić information content (AvgIpc) is 3.26. The van der Waals surface area contributed by atoms with Gasteiger partial charge in [-0.1, -0.05) is 32.0 Å². The predicted molar refractivity (Wildman–Crippen MR) is 130 cm³/mol. The molecule has 182 valence electrons. The van der Waals surface area contributed by atoms with Crippen molar-refractivity contribution in [3.8, 4) is 0 Å². The third kappa shape index (κ3) is 5.01. The highest BCUT2D eigenvalue weighted by molar-refractivity contribution is 7.89. The van der Waals surface area contributed by atoms with E-state index in [1.165, 1.54) is 16.4 Å². The smallest absolute Gasteiger partial charge is 0.243 e. The summed E-state index contributed by atoms with van der Waals surface area (Å²) in [5.74, 6) is -0.484.